The molecule has 0 saturated heterocycles. The summed E-state index contributed by atoms with van der Waals surface area (Å²) in [6, 6.07) is 18.2. The smallest absolute Gasteiger partial charge is 0.255 e. The molecule has 0 aliphatic heterocycles. The summed E-state index contributed by atoms with van der Waals surface area (Å²) in [7, 11) is 0. The van der Waals surface area contributed by atoms with Gasteiger partial charge in [-0.25, -0.2) is 0 Å². The van der Waals surface area contributed by atoms with E-state index < -0.39 is 11.9 Å². The van der Waals surface area contributed by atoms with Crippen LogP contribution in [0.5, 0.6) is 0 Å². The van der Waals surface area contributed by atoms with Gasteiger partial charge in [0.2, 0.25) is 5.91 Å². The lowest BCUT2D eigenvalue weighted by Crippen LogP contribution is -2.49. The van der Waals surface area contributed by atoms with E-state index in [4.69, 9.17) is 4.42 Å². The van der Waals surface area contributed by atoms with Crippen LogP contribution in [0, 0.1) is 5.92 Å². The van der Waals surface area contributed by atoms with Gasteiger partial charge in [-0.15, -0.1) is 0 Å². The number of carbonyl (C=O) groups excluding carboxylic acids is 3. The minimum absolute atomic E-state index is 0.147. The molecule has 3 rings (SSSR count). The maximum Gasteiger partial charge on any atom is 0.255 e. The number of amides is 3. The second-order valence-electron chi connectivity index (χ2n) is 7.36. The van der Waals surface area contributed by atoms with Gasteiger partial charge in [0.15, 0.2) is 0 Å². The summed E-state index contributed by atoms with van der Waals surface area (Å²) < 4.78 is 5.22. The lowest BCUT2D eigenvalue weighted by Gasteiger charge is -2.22. The normalized spacial score (nSPS) is 11.6. The second-order valence-corrected chi connectivity index (χ2v) is 7.36. The zero-order chi connectivity index (χ0) is 22.2. The van der Waals surface area contributed by atoms with Gasteiger partial charge in [-0.1, -0.05) is 44.2 Å². The molecule has 0 unspecified atom stereocenters. The highest BCUT2D eigenvalue weighted by atomic mass is 16.3. The van der Waals surface area contributed by atoms with Crippen LogP contribution in [0.4, 0.5) is 5.69 Å². The number of carbonyl (C=O) groups is 3. The summed E-state index contributed by atoms with van der Waals surface area (Å²) in [5, 5.41) is 8.33. The van der Waals surface area contributed by atoms with Crippen LogP contribution in [0.15, 0.2) is 77.4 Å². The number of hydrogen-bond acceptors (Lipinski definition) is 4. The molecule has 0 radical (unpaired) electrons. The van der Waals surface area contributed by atoms with Crippen molar-refractivity contribution in [2.45, 2.75) is 26.4 Å². The first-order valence-corrected chi connectivity index (χ1v) is 10.0. The second kappa shape index (κ2) is 10.2. The first kappa shape index (κ1) is 21.8. The highest BCUT2D eigenvalue weighted by Gasteiger charge is 2.26. The molecule has 0 aliphatic rings. The van der Waals surface area contributed by atoms with Gasteiger partial charge in [0.05, 0.1) is 24.1 Å². The SMILES string of the molecule is CC(C)[C@@H](NC(=O)c1ccccc1NC(=O)c1ccccc1)C(=O)NCc1ccco1. The molecule has 0 saturated carbocycles. The van der Waals surface area contributed by atoms with Crippen molar-refractivity contribution in [3.05, 3.63) is 89.9 Å². The van der Waals surface area contributed by atoms with Gasteiger partial charge in [0.25, 0.3) is 11.8 Å². The Morgan fingerprint density at radius 2 is 1.58 bits per heavy atom. The molecule has 1 heterocycles. The predicted molar refractivity (Wildman–Crippen MR) is 117 cm³/mol. The molecule has 7 heteroatoms. The van der Waals surface area contributed by atoms with Crippen molar-refractivity contribution in [1.29, 1.82) is 0 Å². The average Bonchev–Trinajstić information content (AvgIpc) is 3.30. The standard InChI is InChI=1S/C24H25N3O4/c1-16(2)21(24(30)25-15-18-11-8-14-31-18)27-23(29)19-12-6-7-13-20(19)26-22(28)17-9-4-3-5-10-17/h3-14,16,21H,15H2,1-2H3,(H,25,30)(H,26,28)(H,27,29)/t21-/m1/s1. The molecule has 0 bridgehead atoms. The number of anilines is 1. The molecular formula is C24H25N3O4. The third-order valence-corrected chi connectivity index (χ3v) is 4.71. The number of hydrogen-bond donors (Lipinski definition) is 3. The van der Waals surface area contributed by atoms with E-state index >= 15 is 0 Å². The van der Waals surface area contributed by atoms with Crippen LogP contribution in [0.1, 0.15) is 40.3 Å². The number of benzene rings is 2. The fourth-order valence-electron chi connectivity index (χ4n) is 3.03. The summed E-state index contributed by atoms with van der Waals surface area (Å²) in [5.41, 5.74) is 1.12. The zero-order valence-corrected chi connectivity index (χ0v) is 17.4. The molecule has 3 aromatic rings. The molecule has 1 atom stereocenters. The van der Waals surface area contributed by atoms with Crippen LogP contribution in [0.3, 0.4) is 0 Å². The van der Waals surface area contributed by atoms with Crippen molar-refractivity contribution in [2.24, 2.45) is 5.92 Å². The Morgan fingerprint density at radius 1 is 0.871 bits per heavy atom. The molecule has 0 fully saturated rings. The van der Waals surface area contributed by atoms with E-state index in [2.05, 4.69) is 16.0 Å². The zero-order valence-electron chi connectivity index (χ0n) is 17.4. The van der Waals surface area contributed by atoms with Crippen LogP contribution >= 0.6 is 0 Å². The lowest BCUT2D eigenvalue weighted by molar-refractivity contribution is -0.124. The molecule has 160 valence electrons. The van der Waals surface area contributed by atoms with Gasteiger partial charge in [-0.2, -0.15) is 0 Å². The molecule has 2 aromatic carbocycles. The third kappa shape index (κ3) is 5.82. The Kier molecular flexibility index (Phi) is 7.22. The van der Waals surface area contributed by atoms with E-state index in [1.165, 1.54) is 6.26 Å². The number of furan rings is 1. The van der Waals surface area contributed by atoms with E-state index in [0.717, 1.165) is 0 Å². The summed E-state index contributed by atoms with van der Waals surface area (Å²) in [5.74, 6) is -0.610. The van der Waals surface area contributed by atoms with Gasteiger partial charge < -0.3 is 20.4 Å². The van der Waals surface area contributed by atoms with Crippen molar-refractivity contribution >= 4 is 23.4 Å². The highest BCUT2D eigenvalue weighted by Crippen LogP contribution is 2.17. The highest BCUT2D eigenvalue weighted by molar-refractivity contribution is 6.09. The van der Waals surface area contributed by atoms with Crippen LogP contribution in [-0.4, -0.2) is 23.8 Å². The van der Waals surface area contributed by atoms with Crippen LogP contribution in [0.2, 0.25) is 0 Å². The monoisotopic (exact) mass is 419 g/mol. The third-order valence-electron chi connectivity index (χ3n) is 4.71. The Balaban J connectivity index is 1.70. The summed E-state index contributed by atoms with van der Waals surface area (Å²) >= 11 is 0. The van der Waals surface area contributed by atoms with Crippen molar-refractivity contribution in [1.82, 2.24) is 10.6 Å². The number of nitrogens with one attached hydrogen (secondary N) is 3. The Morgan fingerprint density at radius 3 is 2.26 bits per heavy atom. The molecule has 3 amide bonds. The fourth-order valence-corrected chi connectivity index (χ4v) is 3.03. The Bertz CT molecular complexity index is 1030. The number of para-hydroxylation sites is 1. The summed E-state index contributed by atoms with van der Waals surface area (Å²) in [6.07, 6.45) is 1.53. The average molecular weight is 419 g/mol. The van der Waals surface area contributed by atoms with Gasteiger partial charge in [0, 0.05) is 5.56 Å². The molecule has 0 aliphatic carbocycles. The quantitative estimate of drug-likeness (QED) is 0.519. The maximum absolute atomic E-state index is 13.0. The molecule has 0 spiro atoms. The van der Waals surface area contributed by atoms with Gasteiger partial charge in [0.1, 0.15) is 11.8 Å². The minimum Gasteiger partial charge on any atom is -0.467 e. The lowest BCUT2D eigenvalue weighted by atomic mass is 10.0. The summed E-state index contributed by atoms with van der Waals surface area (Å²) in [6.45, 7) is 3.93. The van der Waals surface area contributed by atoms with Crippen LogP contribution in [-0.2, 0) is 11.3 Å². The fraction of sp³-hybridized carbons (Fsp3) is 0.208. The van der Waals surface area contributed by atoms with E-state index in [1.807, 2.05) is 19.9 Å². The van der Waals surface area contributed by atoms with Crippen molar-refractivity contribution in [2.75, 3.05) is 5.32 Å². The van der Waals surface area contributed by atoms with Gasteiger partial charge in [-0.05, 0) is 42.3 Å². The van der Waals surface area contributed by atoms with Crippen molar-refractivity contribution in [3.8, 4) is 0 Å². The van der Waals surface area contributed by atoms with E-state index in [-0.39, 0.29) is 29.8 Å². The van der Waals surface area contributed by atoms with Crippen LogP contribution < -0.4 is 16.0 Å². The molecule has 1 aromatic heterocycles. The van der Waals surface area contributed by atoms with Gasteiger partial charge in [-0.3, -0.25) is 14.4 Å². The van der Waals surface area contributed by atoms with E-state index in [1.54, 1.807) is 60.7 Å². The Labute approximate surface area is 180 Å². The van der Waals surface area contributed by atoms with Crippen molar-refractivity contribution in [3.63, 3.8) is 0 Å². The first-order valence-electron chi connectivity index (χ1n) is 10.0. The molecule has 7 nitrogen and oxygen atoms in total. The minimum atomic E-state index is -0.750. The number of rotatable bonds is 8. The molecule has 31 heavy (non-hydrogen) atoms. The topological polar surface area (TPSA) is 100 Å². The largest absolute Gasteiger partial charge is 0.467 e. The predicted octanol–water partition coefficient (Wildman–Crippen LogP) is 3.60. The van der Waals surface area contributed by atoms with E-state index in [9.17, 15) is 14.4 Å². The molecular weight excluding hydrogens is 394 g/mol. The van der Waals surface area contributed by atoms with Crippen LogP contribution in [0.25, 0.3) is 0 Å². The summed E-state index contributed by atoms with van der Waals surface area (Å²) in [4.78, 5) is 38.1. The van der Waals surface area contributed by atoms with Crippen molar-refractivity contribution < 1.29 is 18.8 Å². The first-order chi connectivity index (χ1) is 15.0. The maximum atomic E-state index is 13.0. The molecule has 3 N–H and O–H groups in total. The Hall–Kier alpha value is -3.87. The van der Waals surface area contributed by atoms with E-state index in [0.29, 0.717) is 17.0 Å². The van der Waals surface area contributed by atoms with Gasteiger partial charge >= 0.3 is 0 Å².